The average Bonchev–Trinajstić information content (AvgIpc) is 2.17. The maximum absolute atomic E-state index is 11.5. The van der Waals surface area contributed by atoms with E-state index in [-0.39, 0.29) is 16.7 Å². The van der Waals surface area contributed by atoms with Crippen LogP contribution >= 0.6 is 0 Å². The summed E-state index contributed by atoms with van der Waals surface area (Å²) in [6.45, 7) is 0. The van der Waals surface area contributed by atoms with Gasteiger partial charge in [0.25, 0.3) is 5.56 Å². The zero-order valence-corrected chi connectivity index (χ0v) is 7.41. The molecule has 1 aromatic carbocycles. The highest BCUT2D eigenvalue weighted by Gasteiger charge is 2.08. The van der Waals surface area contributed by atoms with Gasteiger partial charge in [-0.1, -0.05) is 0 Å². The fraction of sp³-hybridized carbons (Fsp3) is 0. The highest BCUT2D eigenvalue weighted by molar-refractivity contribution is 5.81. The summed E-state index contributed by atoms with van der Waals surface area (Å²) < 4.78 is 0.485. The number of rotatable bonds is 0. The Morgan fingerprint density at radius 2 is 2.13 bits per heavy atom. The first-order valence-corrected chi connectivity index (χ1v) is 4.03. The molecule has 6 nitrogen and oxygen atoms in total. The van der Waals surface area contributed by atoms with Gasteiger partial charge >= 0.3 is 6.09 Å². The van der Waals surface area contributed by atoms with Crippen molar-refractivity contribution in [2.45, 2.75) is 0 Å². The van der Waals surface area contributed by atoms with Crippen LogP contribution in [0, 0.1) is 0 Å². The lowest BCUT2D eigenvalue weighted by atomic mass is 10.2. The van der Waals surface area contributed by atoms with Crippen molar-refractivity contribution in [3.05, 3.63) is 34.9 Å². The normalized spacial score (nSPS) is 10.4. The first kappa shape index (κ1) is 9.20. The molecule has 0 radical (unpaired) electrons. The molecule has 0 aliphatic rings. The molecule has 0 aliphatic carbocycles. The molecule has 1 aromatic heterocycles. The molecule has 2 rings (SSSR count). The Morgan fingerprint density at radius 1 is 1.40 bits per heavy atom. The highest BCUT2D eigenvalue weighted by Crippen LogP contribution is 2.14. The van der Waals surface area contributed by atoms with E-state index in [4.69, 9.17) is 10.2 Å². The number of benzene rings is 1. The Hall–Kier alpha value is -2.37. The highest BCUT2D eigenvalue weighted by atomic mass is 16.4. The fourth-order valence-electron chi connectivity index (χ4n) is 1.25. The molecule has 0 saturated heterocycles. The monoisotopic (exact) mass is 206 g/mol. The first-order chi connectivity index (χ1) is 7.09. The van der Waals surface area contributed by atoms with E-state index in [1.54, 1.807) is 0 Å². The minimum absolute atomic E-state index is 0.0255. The minimum Gasteiger partial charge on any atom is -0.508 e. The van der Waals surface area contributed by atoms with Crippen molar-refractivity contribution in [2.24, 2.45) is 0 Å². The Balaban J connectivity index is 2.86. The second-order valence-corrected chi connectivity index (χ2v) is 2.90. The zero-order valence-electron chi connectivity index (χ0n) is 7.41. The van der Waals surface area contributed by atoms with Crippen LogP contribution in [0.5, 0.6) is 5.75 Å². The molecule has 15 heavy (non-hydrogen) atoms. The molecule has 0 bridgehead atoms. The van der Waals surface area contributed by atoms with Gasteiger partial charge in [0.05, 0.1) is 10.9 Å². The number of hydrogen-bond donors (Lipinski definition) is 2. The summed E-state index contributed by atoms with van der Waals surface area (Å²) in [5, 5.41) is 17.9. The number of aromatic nitrogens is 2. The molecule has 0 amide bonds. The average molecular weight is 206 g/mol. The van der Waals surface area contributed by atoms with Gasteiger partial charge in [-0.05, 0) is 12.1 Å². The van der Waals surface area contributed by atoms with Gasteiger partial charge in [0.1, 0.15) is 12.1 Å². The van der Waals surface area contributed by atoms with Crippen LogP contribution in [0.4, 0.5) is 4.79 Å². The molecule has 0 fully saturated rings. The summed E-state index contributed by atoms with van der Waals surface area (Å²) in [6.07, 6.45) is -0.477. The third kappa shape index (κ3) is 1.41. The number of carboxylic acid groups (broad SMARTS) is 1. The van der Waals surface area contributed by atoms with Crippen molar-refractivity contribution >= 4 is 17.0 Å². The van der Waals surface area contributed by atoms with Crippen LogP contribution in [0.15, 0.2) is 29.3 Å². The number of fused-ring (bicyclic) bond motifs is 1. The molecule has 2 N–H and O–H groups in total. The van der Waals surface area contributed by atoms with E-state index >= 15 is 0 Å². The van der Waals surface area contributed by atoms with Crippen LogP contribution in [0.2, 0.25) is 0 Å². The van der Waals surface area contributed by atoms with E-state index in [0.29, 0.717) is 4.57 Å². The van der Waals surface area contributed by atoms with Crippen LogP contribution in [0.1, 0.15) is 0 Å². The molecule has 6 heteroatoms. The molecule has 0 saturated carbocycles. The third-order valence-corrected chi connectivity index (χ3v) is 1.95. The topological polar surface area (TPSA) is 92.4 Å². The molecular formula is C9H6N2O4. The number of carbonyl (C=O) groups is 1. The maximum Gasteiger partial charge on any atom is 0.419 e. The molecule has 0 atom stereocenters. The summed E-state index contributed by atoms with van der Waals surface area (Å²) in [4.78, 5) is 25.9. The van der Waals surface area contributed by atoms with E-state index in [0.717, 1.165) is 6.33 Å². The van der Waals surface area contributed by atoms with E-state index < -0.39 is 11.7 Å². The molecular weight excluding hydrogens is 200 g/mol. The quantitative estimate of drug-likeness (QED) is 0.659. The molecule has 0 unspecified atom stereocenters. The summed E-state index contributed by atoms with van der Waals surface area (Å²) in [5.74, 6) is -0.0255. The van der Waals surface area contributed by atoms with Gasteiger partial charge < -0.3 is 10.2 Å². The number of phenolic OH excluding ortho intramolecular Hbond substituents is 1. The van der Waals surface area contributed by atoms with Gasteiger partial charge in [-0.15, -0.1) is 0 Å². The lowest BCUT2D eigenvalue weighted by molar-refractivity contribution is 0.195. The lowest BCUT2D eigenvalue weighted by Crippen LogP contribution is -2.25. The van der Waals surface area contributed by atoms with Crippen LogP contribution in [-0.2, 0) is 0 Å². The van der Waals surface area contributed by atoms with Crippen LogP contribution in [-0.4, -0.2) is 25.9 Å². The van der Waals surface area contributed by atoms with Crippen molar-refractivity contribution < 1.29 is 15.0 Å². The van der Waals surface area contributed by atoms with Gasteiger partial charge in [-0.2, -0.15) is 0 Å². The van der Waals surface area contributed by atoms with Crippen LogP contribution < -0.4 is 5.56 Å². The van der Waals surface area contributed by atoms with Crippen LogP contribution in [0.25, 0.3) is 10.9 Å². The van der Waals surface area contributed by atoms with Gasteiger partial charge in [0, 0.05) is 6.07 Å². The Morgan fingerprint density at radius 3 is 2.80 bits per heavy atom. The molecule has 2 aromatic rings. The van der Waals surface area contributed by atoms with Crippen molar-refractivity contribution in [1.82, 2.24) is 9.55 Å². The predicted molar refractivity (Wildman–Crippen MR) is 51.1 cm³/mol. The van der Waals surface area contributed by atoms with Crippen molar-refractivity contribution in [3.63, 3.8) is 0 Å². The third-order valence-electron chi connectivity index (χ3n) is 1.95. The first-order valence-electron chi connectivity index (χ1n) is 4.03. The number of hydrogen-bond acceptors (Lipinski definition) is 4. The Bertz CT molecular complexity index is 603. The predicted octanol–water partition coefficient (Wildman–Crippen LogP) is 0.628. The van der Waals surface area contributed by atoms with E-state index in [1.807, 2.05) is 0 Å². The van der Waals surface area contributed by atoms with E-state index in [2.05, 4.69) is 4.98 Å². The molecule has 76 valence electrons. The number of phenols is 1. The van der Waals surface area contributed by atoms with Crippen molar-refractivity contribution in [3.8, 4) is 5.75 Å². The largest absolute Gasteiger partial charge is 0.508 e. The fourth-order valence-corrected chi connectivity index (χ4v) is 1.25. The van der Waals surface area contributed by atoms with Gasteiger partial charge in [0.2, 0.25) is 0 Å². The van der Waals surface area contributed by atoms with E-state index in [9.17, 15) is 9.59 Å². The smallest absolute Gasteiger partial charge is 0.419 e. The van der Waals surface area contributed by atoms with Crippen LogP contribution in [0.3, 0.4) is 0 Å². The van der Waals surface area contributed by atoms with Gasteiger partial charge in [-0.3, -0.25) is 4.79 Å². The maximum atomic E-state index is 11.5. The SMILES string of the molecule is O=C(O)n1cnc2cc(O)ccc2c1=O. The number of nitrogens with zero attached hydrogens (tertiary/aromatic N) is 2. The van der Waals surface area contributed by atoms with E-state index in [1.165, 1.54) is 18.2 Å². The second-order valence-electron chi connectivity index (χ2n) is 2.90. The van der Waals surface area contributed by atoms with Gasteiger partial charge in [0.15, 0.2) is 0 Å². The zero-order chi connectivity index (χ0) is 11.0. The van der Waals surface area contributed by atoms with Crippen molar-refractivity contribution in [2.75, 3.05) is 0 Å². The summed E-state index contributed by atoms with van der Waals surface area (Å²) in [5.41, 5.74) is -0.412. The lowest BCUT2D eigenvalue weighted by Gasteiger charge is -2.00. The van der Waals surface area contributed by atoms with Gasteiger partial charge in [-0.25, -0.2) is 14.3 Å². The second kappa shape index (κ2) is 3.09. The molecule has 1 heterocycles. The number of aromatic hydroxyl groups is 1. The Kier molecular flexibility index (Phi) is 1.89. The molecule has 0 aliphatic heterocycles. The molecule has 0 spiro atoms. The van der Waals surface area contributed by atoms with Crippen molar-refractivity contribution in [1.29, 1.82) is 0 Å². The minimum atomic E-state index is -1.39. The summed E-state index contributed by atoms with van der Waals surface area (Å²) >= 11 is 0. The Labute approximate surface area is 83.0 Å². The standard InChI is InChI=1S/C9H6N2O4/c12-5-1-2-6-7(3-5)10-4-11(8(6)13)9(14)15/h1-4,12H,(H,14,15). The summed E-state index contributed by atoms with van der Waals surface area (Å²) in [6, 6.07) is 3.93. The summed E-state index contributed by atoms with van der Waals surface area (Å²) in [7, 11) is 0.